The average Bonchev–Trinajstić information content (AvgIpc) is 2.54. The molecule has 0 saturated heterocycles. The zero-order valence-electron chi connectivity index (χ0n) is 16.0. The summed E-state index contributed by atoms with van der Waals surface area (Å²) >= 11 is 0. The van der Waals surface area contributed by atoms with Crippen molar-refractivity contribution in [1.82, 2.24) is 20.6 Å². The van der Waals surface area contributed by atoms with Gasteiger partial charge in [0, 0.05) is 47.3 Å². The van der Waals surface area contributed by atoms with Gasteiger partial charge >= 0.3 is 0 Å². The van der Waals surface area contributed by atoms with Gasteiger partial charge in [0.1, 0.15) is 0 Å². The van der Waals surface area contributed by atoms with E-state index in [0.717, 1.165) is 5.69 Å². The molecule has 0 spiro atoms. The third-order valence-electron chi connectivity index (χ3n) is 3.59. The molecule has 0 aliphatic carbocycles. The van der Waals surface area contributed by atoms with Crippen molar-refractivity contribution < 1.29 is 9.59 Å². The number of pyridine rings is 2. The highest BCUT2D eigenvalue weighted by atomic mass is 16.2. The van der Waals surface area contributed by atoms with Crippen LogP contribution in [-0.2, 0) is 6.42 Å². The molecule has 6 nitrogen and oxygen atoms in total. The predicted molar refractivity (Wildman–Crippen MR) is 101 cm³/mol. The normalized spacial score (nSPS) is 11.7. The zero-order chi connectivity index (χ0) is 19.4. The Labute approximate surface area is 154 Å². The zero-order valence-corrected chi connectivity index (χ0v) is 16.0. The highest BCUT2D eigenvalue weighted by Gasteiger charge is 2.23. The molecule has 2 amide bonds. The number of nitrogens with one attached hydrogen (secondary N) is 2. The van der Waals surface area contributed by atoms with E-state index < -0.39 is 5.54 Å². The lowest BCUT2D eigenvalue weighted by molar-refractivity contribution is 0.0907. The molecule has 2 heterocycles. The summed E-state index contributed by atoms with van der Waals surface area (Å²) in [6, 6.07) is 6.92. The Morgan fingerprint density at radius 2 is 1.50 bits per heavy atom. The lowest BCUT2D eigenvalue weighted by atomic mass is 9.97. The fourth-order valence-electron chi connectivity index (χ4n) is 2.46. The number of rotatable bonds is 5. The third kappa shape index (κ3) is 5.95. The number of carbonyl (C=O) groups excluding carboxylic acids is 2. The van der Waals surface area contributed by atoms with Gasteiger partial charge < -0.3 is 10.6 Å². The van der Waals surface area contributed by atoms with E-state index in [1.54, 1.807) is 36.8 Å². The van der Waals surface area contributed by atoms with E-state index in [-0.39, 0.29) is 17.4 Å². The van der Waals surface area contributed by atoms with Crippen LogP contribution >= 0.6 is 0 Å². The molecular formula is C20H26N4O2. The van der Waals surface area contributed by atoms with Crippen LogP contribution in [0.1, 0.15) is 61.0 Å². The van der Waals surface area contributed by atoms with Gasteiger partial charge in [-0.25, -0.2) is 0 Å². The first-order chi connectivity index (χ1) is 12.1. The molecule has 0 aliphatic rings. The summed E-state index contributed by atoms with van der Waals surface area (Å²) in [5, 5.41) is 5.91. The summed E-state index contributed by atoms with van der Waals surface area (Å²) in [6.45, 7) is 9.67. The molecule has 26 heavy (non-hydrogen) atoms. The van der Waals surface area contributed by atoms with E-state index in [0.29, 0.717) is 17.5 Å². The van der Waals surface area contributed by atoms with Gasteiger partial charge in [0.15, 0.2) is 0 Å². The molecule has 2 aromatic heterocycles. The Morgan fingerprint density at radius 1 is 0.885 bits per heavy atom. The summed E-state index contributed by atoms with van der Waals surface area (Å²) in [7, 11) is 0. The number of aromatic nitrogens is 2. The fourth-order valence-corrected chi connectivity index (χ4v) is 2.46. The third-order valence-corrected chi connectivity index (χ3v) is 3.59. The van der Waals surface area contributed by atoms with Crippen LogP contribution in [0, 0.1) is 0 Å². The van der Waals surface area contributed by atoms with Crippen molar-refractivity contribution in [3.8, 4) is 0 Å². The van der Waals surface area contributed by atoms with Crippen LogP contribution in [0.4, 0.5) is 0 Å². The lowest BCUT2D eigenvalue weighted by Crippen LogP contribution is -2.45. The van der Waals surface area contributed by atoms with Gasteiger partial charge in [0.2, 0.25) is 0 Å². The van der Waals surface area contributed by atoms with E-state index in [4.69, 9.17) is 0 Å². The standard InChI is InChI=1S/C20H26N4O2/c1-19(2,3)23-18(26)15-6-7-16(22-13-15)12-20(4,5)24-17(25)14-8-10-21-11-9-14/h6-11,13H,12H2,1-5H3,(H,23,26)(H,24,25). The van der Waals surface area contributed by atoms with Crippen LogP contribution in [0.15, 0.2) is 42.9 Å². The molecule has 0 aliphatic heterocycles. The van der Waals surface area contributed by atoms with Crippen LogP contribution in [0.25, 0.3) is 0 Å². The van der Waals surface area contributed by atoms with E-state index in [1.807, 2.05) is 40.7 Å². The summed E-state index contributed by atoms with van der Waals surface area (Å²) in [5.41, 5.74) is 1.10. The van der Waals surface area contributed by atoms with Crippen LogP contribution in [0.5, 0.6) is 0 Å². The maximum atomic E-state index is 12.3. The Kier molecular flexibility index (Phi) is 5.75. The largest absolute Gasteiger partial charge is 0.347 e. The molecule has 2 rings (SSSR count). The molecule has 0 saturated carbocycles. The molecule has 0 unspecified atom stereocenters. The van der Waals surface area contributed by atoms with Crippen molar-refractivity contribution in [2.45, 2.75) is 52.1 Å². The van der Waals surface area contributed by atoms with Gasteiger partial charge in [0.05, 0.1) is 5.56 Å². The van der Waals surface area contributed by atoms with Crippen LogP contribution in [0.2, 0.25) is 0 Å². The maximum absolute atomic E-state index is 12.3. The Hall–Kier alpha value is -2.76. The SMILES string of the molecule is CC(C)(C)NC(=O)c1ccc(CC(C)(C)NC(=O)c2ccncc2)nc1. The molecule has 0 aromatic carbocycles. The molecular weight excluding hydrogens is 328 g/mol. The monoisotopic (exact) mass is 354 g/mol. The second kappa shape index (κ2) is 7.64. The number of nitrogens with zero attached hydrogens (tertiary/aromatic N) is 2. The fraction of sp³-hybridized carbons (Fsp3) is 0.400. The molecule has 0 atom stereocenters. The lowest BCUT2D eigenvalue weighted by Gasteiger charge is -2.26. The predicted octanol–water partition coefficient (Wildman–Crippen LogP) is 2.76. The van der Waals surface area contributed by atoms with Crippen molar-refractivity contribution in [2.24, 2.45) is 0 Å². The average molecular weight is 354 g/mol. The Bertz CT molecular complexity index is 763. The van der Waals surface area contributed by atoms with Crippen molar-refractivity contribution in [2.75, 3.05) is 0 Å². The second-order valence-electron chi connectivity index (χ2n) is 7.99. The number of hydrogen-bond acceptors (Lipinski definition) is 4. The second-order valence-corrected chi connectivity index (χ2v) is 7.99. The molecule has 6 heteroatoms. The molecule has 0 radical (unpaired) electrons. The highest BCUT2D eigenvalue weighted by Crippen LogP contribution is 2.13. The molecule has 2 N–H and O–H groups in total. The van der Waals surface area contributed by atoms with Crippen LogP contribution in [0.3, 0.4) is 0 Å². The highest BCUT2D eigenvalue weighted by molar-refractivity contribution is 5.95. The summed E-state index contributed by atoms with van der Waals surface area (Å²) < 4.78 is 0. The van der Waals surface area contributed by atoms with Crippen LogP contribution < -0.4 is 10.6 Å². The maximum Gasteiger partial charge on any atom is 0.253 e. The molecule has 0 fully saturated rings. The van der Waals surface area contributed by atoms with Gasteiger partial charge in [-0.3, -0.25) is 19.6 Å². The van der Waals surface area contributed by atoms with Gasteiger partial charge in [-0.2, -0.15) is 0 Å². The molecule has 0 bridgehead atoms. The Balaban J connectivity index is 2.01. The van der Waals surface area contributed by atoms with Crippen molar-refractivity contribution >= 4 is 11.8 Å². The topological polar surface area (TPSA) is 84.0 Å². The van der Waals surface area contributed by atoms with Crippen molar-refractivity contribution in [3.63, 3.8) is 0 Å². The van der Waals surface area contributed by atoms with E-state index in [9.17, 15) is 9.59 Å². The van der Waals surface area contributed by atoms with Crippen molar-refractivity contribution in [1.29, 1.82) is 0 Å². The van der Waals surface area contributed by atoms with Gasteiger partial charge in [-0.15, -0.1) is 0 Å². The number of carbonyl (C=O) groups is 2. The summed E-state index contributed by atoms with van der Waals surface area (Å²) in [6.07, 6.45) is 5.29. The summed E-state index contributed by atoms with van der Waals surface area (Å²) in [4.78, 5) is 32.7. The van der Waals surface area contributed by atoms with Gasteiger partial charge in [0.25, 0.3) is 11.8 Å². The van der Waals surface area contributed by atoms with Gasteiger partial charge in [-0.05, 0) is 58.9 Å². The van der Waals surface area contributed by atoms with Crippen molar-refractivity contribution in [3.05, 3.63) is 59.7 Å². The minimum atomic E-state index is -0.484. The summed E-state index contributed by atoms with van der Waals surface area (Å²) in [5.74, 6) is -0.305. The molecule has 2 aromatic rings. The van der Waals surface area contributed by atoms with E-state index >= 15 is 0 Å². The van der Waals surface area contributed by atoms with E-state index in [2.05, 4.69) is 20.6 Å². The Morgan fingerprint density at radius 3 is 2.04 bits per heavy atom. The van der Waals surface area contributed by atoms with Crippen LogP contribution in [-0.4, -0.2) is 32.9 Å². The first-order valence-corrected chi connectivity index (χ1v) is 8.56. The first kappa shape index (κ1) is 19.6. The van der Waals surface area contributed by atoms with Gasteiger partial charge in [-0.1, -0.05) is 0 Å². The molecule has 138 valence electrons. The smallest absolute Gasteiger partial charge is 0.253 e. The van der Waals surface area contributed by atoms with E-state index in [1.165, 1.54) is 0 Å². The minimum absolute atomic E-state index is 0.151. The quantitative estimate of drug-likeness (QED) is 0.865. The first-order valence-electron chi connectivity index (χ1n) is 8.56. The number of amides is 2. The minimum Gasteiger partial charge on any atom is -0.347 e. The number of hydrogen-bond donors (Lipinski definition) is 2.